The Morgan fingerprint density at radius 1 is 1.58 bits per heavy atom. The lowest BCUT2D eigenvalue weighted by molar-refractivity contribution is -0.139. The third-order valence-electron chi connectivity index (χ3n) is 2.13. The van der Waals surface area contributed by atoms with E-state index in [-0.39, 0.29) is 12.0 Å². The van der Waals surface area contributed by atoms with Crippen molar-refractivity contribution in [3.8, 4) is 0 Å². The quantitative estimate of drug-likeness (QED) is 0.543. The van der Waals surface area contributed by atoms with E-state index in [1.165, 1.54) is 6.26 Å². The van der Waals surface area contributed by atoms with Crippen molar-refractivity contribution in [3.63, 3.8) is 0 Å². The number of allylic oxidation sites excluding steroid dienone is 1. The van der Waals surface area contributed by atoms with Crippen molar-refractivity contribution in [2.24, 2.45) is 0 Å². The summed E-state index contributed by atoms with van der Waals surface area (Å²) in [7, 11) is 0. The molecular weight excluding hydrogens is 154 g/mol. The molecule has 1 atom stereocenters. The van der Waals surface area contributed by atoms with Crippen LogP contribution < -0.4 is 0 Å². The molecule has 0 fully saturated rings. The highest BCUT2D eigenvalue weighted by molar-refractivity contribution is 5.81. The van der Waals surface area contributed by atoms with Gasteiger partial charge in [0.2, 0.25) is 0 Å². The topological polar surface area (TPSA) is 29.5 Å². The standard InChI is InChI=1S/C9H11NO2/c11-9-8(4-7-12-9)10-5-2-1-3-6-10/h2,4-5,7-8H,1,3,6H2. The minimum Gasteiger partial charge on any atom is -0.433 e. The van der Waals surface area contributed by atoms with Gasteiger partial charge >= 0.3 is 5.97 Å². The van der Waals surface area contributed by atoms with Crippen LogP contribution in [0.1, 0.15) is 12.8 Å². The van der Waals surface area contributed by atoms with Gasteiger partial charge in [0.25, 0.3) is 0 Å². The van der Waals surface area contributed by atoms with Crippen molar-refractivity contribution in [1.29, 1.82) is 0 Å². The Morgan fingerprint density at radius 3 is 3.08 bits per heavy atom. The van der Waals surface area contributed by atoms with E-state index in [2.05, 4.69) is 6.08 Å². The molecule has 0 N–H and O–H groups in total. The monoisotopic (exact) mass is 165 g/mol. The van der Waals surface area contributed by atoms with Gasteiger partial charge in [-0.15, -0.1) is 0 Å². The van der Waals surface area contributed by atoms with Crippen LogP contribution >= 0.6 is 0 Å². The van der Waals surface area contributed by atoms with Crippen LogP contribution in [0.25, 0.3) is 0 Å². The molecule has 3 heteroatoms. The zero-order chi connectivity index (χ0) is 8.39. The number of esters is 1. The maximum Gasteiger partial charge on any atom is 0.337 e. The lowest BCUT2D eigenvalue weighted by atomic mass is 10.2. The molecule has 0 aromatic carbocycles. The summed E-state index contributed by atoms with van der Waals surface area (Å²) in [4.78, 5) is 13.1. The van der Waals surface area contributed by atoms with Crippen molar-refractivity contribution in [2.45, 2.75) is 18.9 Å². The first kappa shape index (κ1) is 7.40. The Bertz CT molecular complexity index is 245. The SMILES string of the molecule is O=C1OC=CC1N1C=CCCC1. The molecular formula is C9H11NO2. The Kier molecular flexibility index (Phi) is 1.86. The van der Waals surface area contributed by atoms with E-state index in [0.29, 0.717) is 0 Å². The molecule has 0 aromatic rings. The Morgan fingerprint density at radius 2 is 2.50 bits per heavy atom. The van der Waals surface area contributed by atoms with E-state index in [4.69, 9.17) is 4.74 Å². The number of hydrogen-bond acceptors (Lipinski definition) is 3. The van der Waals surface area contributed by atoms with Crippen LogP contribution in [-0.4, -0.2) is 23.5 Å². The van der Waals surface area contributed by atoms with E-state index in [1.807, 2.05) is 11.1 Å². The van der Waals surface area contributed by atoms with Crippen LogP contribution in [0.3, 0.4) is 0 Å². The molecule has 2 aliphatic heterocycles. The predicted molar refractivity (Wildman–Crippen MR) is 44.1 cm³/mol. The Balaban J connectivity index is 2.07. The zero-order valence-electron chi connectivity index (χ0n) is 6.77. The van der Waals surface area contributed by atoms with Crippen LogP contribution in [0.4, 0.5) is 0 Å². The van der Waals surface area contributed by atoms with Gasteiger partial charge in [0, 0.05) is 6.54 Å². The fourth-order valence-corrected chi connectivity index (χ4v) is 1.48. The lowest BCUT2D eigenvalue weighted by Gasteiger charge is -2.26. The predicted octanol–water partition coefficient (Wildman–Crippen LogP) is 1.03. The molecule has 2 aliphatic rings. The first-order valence-corrected chi connectivity index (χ1v) is 4.17. The highest BCUT2D eigenvalue weighted by Crippen LogP contribution is 2.15. The summed E-state index contributed by atoms with van der Waals surface area (Å²) in [6.07, 6.45) is 9.55. The highest BCUT2D eigenvalue weighted by atomic mass is 16.5. The summed E-state index contributed by atoms with van der Waals surface area (Å²) in [6, 6.07) is -0.179. The van der Waals surface area contributed by atoms with Gasteiger partial charge in [-0.1, -0.05) is 6.08 Å². The molecule has 0 spiro atoms. The molecule has 2 rings (SSSR count). The maximum absolute atomic E-state index is 11.1. The van der Waals surface area contributed by atoms with Gasteiger partial charge in [-0.25, -0.2) is 4.79 Å². The van der Waals surface area contributed by atoms with Crippen LogP contribution in [-0.2, 0) is 9.53 Å². The van der Waals surface area contributed by atoms with Gasteiger partial charge in [-0.05, 0) is 25.1 Å². The van der Waals surface area contributed by atoms with Gasteiger partial charge in [-0.3, -0.25) is 0 Å². The fraction of sp³-hybridized carbons (Fsp3) is 0.444. The van der Waals surface area contributed by atoms with E-state index < -0.39 is 0 Å². The normalized spacial score (nSPS) is 27.8. The van der Waals surface area contributed by atoms with Gasteiger partial charge < -0.3 is 9.64 Å². The average molecular weight is 165 g/mol. The zero-order valence-corrected chi connectivity index (χ0v) is 6.77. The van der Waals surface area contributed by atoms with Crippen LogP contribution in [0.5, 0.6) is 0 Å². The van der Waals surface area contributed by atoms with Crippen molar-refractivity contribution < 1.29 is 9.53 Å². The largest absolute Gasteiger partial charge is 0.433 e. The second-order valence-corrected chi connectivity index (χ2v) is 2.98. The Hall–Kier alpha value is -1.25. The summed E-state index contributed by atoms with van der Waals surface area (Å²) in [5.41, 5.74) is 0. The number of cyclic esters (lactones) is 1. The smallest absolute Gasteiger partial charge is 0.337 e. The first-order valence-electron chi connectivity index (χ1n) is 4.17. The molecule has 0 saturated carbocycles. The molecule has 0 radical (unpaired) electrons. The molecule has 1 unspecified atom stereocenters. The summed E-state index contributed by atoms with van der Waals surface area (Å²) in [5.74, 6) is -0.165. The van der Waals surface area contributed by atoms with Crippen molar-refractivity contribution in [2.75, 3.05) is 6.54 Å². The van der Waals surface area contributed by atoms with Crippen molar-refractivity contribution >= 4 is 5.97 Å². The van der Waals surface area contributed by atoms with Crippen LogP contribution in [0, 0.1) is 0 Å². The average Bonchev–Trinajstić information content (AvgIpc) is 2.53. The molecule has 64 valence electrons. The second-order valence-electron chi connectivity index (χ2n) is 2.98. The Labute approximate surface area is 71.3 Å². The summed E-state index contributed by atoms with van der Waals surface area (Å²) < 4.78 is 4.72. The minimum absolute atomic E-state index is 0.165. The number of carbonyl (C=O) groups is 1. The van der Waals surface area contributed by atoms with Gasteiger partial charge in [0.05, 0.1) is 6.26 Å². The van der Waals surface area contributed by atoms with Crippen molar-refractivity contribution in [3.05, 3.63) is 24.6 Å². The first-order chi connectivity index (χ1) is 5.88. The van der Waals surface area contributed by atoms with Crippen LogP contribution in [0.15, 0.2) is 24.6 Å². The molecule has 0 amide bonds. The van der Waals surface area contributed by atoms with Gasteiger partial charge in [0.1, 0.15) is 6.04 Å². The van der Waals surface area contributed by atoms with Gasteiger partial charge in [0.15, 0.2) is 0 Å². The highest BCUT2D eigenvalue weighted by Gasteiger charge is 2.26. The molecule has 0 aromatic heterocycles. The molecule has 3 nitrogen and oxygen atoms in total. The van der Waals surface area contributed by atoms with E-state index in [1.54, 1.807) is 6.08 Å². The number of ether oxygens (including phenoxy) is 1. The van der Waals surface area contributed by atoms with E-state index in [0.717, 1.165) is 19.4 Å². The number of carbonyl (C=O) groups excluding carboxylic acids is 1. The molecule has 2 heterocycles. The summed E-state index contributed by atoms with van der Waals surface area (Å²) in [5, 5.41) is 0. The minimum atomic E-state index is -0.179. The van der Waals surface area contributed by atoms with E-state index in [9.17, 15) is 4.79 Å². The third-order valence-corrected chi connectivity index (χ3v) is 2.13. The maximum atomic E-state index is 11.1. The number of rotatable bonds is 1. The lowest BCUT2D eigenvalue weighted by Crippen LogP contribution is -2.35. The molecule has 0 saturated heterocycles. The number of nitrogens with zero attached hydrogens (tertiary/aromatic N) is 1. The van der Waals surface area contributed by atoms with E-state index >= 15 is 0 Å². The second kappa shape index (κ2) is 3.01. The molecule has 0 aliphatic carbocycles. The number of hydrogen-bond donors (Lipinski definition) is 0. The fourth-order valence-electron chi connectivity index (χ4n) is 1.48. The molecule has 0 bridgehead atoms. The summed E-state index contributed by atoms with van der Waals surface area (Å²) in [6.45, 7) is 0.945. The third kappa shape index (κ3) is 1.22. The molecule has 12 heavy (non-hydrogen) atoms. The van der Waals surface area contributed by atoms with Crippen molar-refractivity contribution in [1.82, 2.24) is 4.90 Å². The van der Waals surface area contributed by atoms with Crippen LogP contribution in [0.2, 0.25) is 0 Å². The summed E-state index contributed by atoms with van der Waals surface area (Å²) >= 11 is 0. The van der Waals surface area contributed by atoms with Gasteiger partial charge in [-0.2, -0.15) is 0 Å².